The summed E-state index contributed by atoms with van der Waals surface area (Å²) in [4.78, 5) is 47.5. The smallest absolute Gasteiger partial charge is 0.325 e. The van der Waals surface area contributed by atoms with E-state index in [1.54, 1.807) is 12.1 Å². The maximum Gasteiger partial charge on any atom is 0.325 e. The highest BCUT2D eigenvalue weighted by atomic mass is 16.7. The van der Waals surface area contributed by atoms with Crippen molar-refractivity contribution < 1.29 is 33.4 Å². The largest absolute Gasteiger partial charge is 0.454 e. The van der Waals surface area contributed by atoms with Crippen LogP contribution < -0.4 is 20.1 Å². The maximum atomic E-state index is 12.1. The van der Waals surface area contributed by atoms with E-state index in [0.29, 0.717) is 11.5 Å². The van der Waals surface area contributed by atoms with Gasteiger partial charge in [-0.3, -0.25) is 19.2 Å². The van der Waals surface area contributed by atoms with Crippen LogP contribution in [0.4, 0.5) is 5.69 Å². The molecule has 0 fully saturated rings. The molecule has 2 amide bonds. The lowest BCUT2D eigenvalue weighted by atomic mass is 10.1. The summed E-state index contributed by atoms with van der Waals surface area (Å²) in [6.07, 6.45) is 0.131. The lowest BCUT2D eigenvalue weighted by Crippen LogP contribution is -2.33. The molecule has 0 aliphatic carbocycles. The van der Waals surface area contributed by atoms with E-state index in [0.717, 1.165) is 5.56 Å². The van der Waals surface area contributed by atoms with Crippen molar-refractivity contribution in [2.24, 2.45) is 0 Å². The average Bonchev–Trinajstić information content (AvgIpc) is 3.18. The zero-order valence-corrected chi connectivity index (χ0v) is 16.2. The molecule has 156 valence electrons. The number of fused-ring (bicyclic) bond motifs is 1. The topological polar surface area (TPSA) is 120 Å². The minimum absolute atomic E-state index is 0.0255. The zero-order chi connectivity index (χ0) is 21.5. The van der Waals surface area contributed by atoms with Gasteiger partial charge in [0.1, 0.15) is 6.54 Å². The molecule has 3 rings (SSSR count). The summed E-state index contributed by atoms with van der Waals surface area (Å²) < 4.78 is 15.3. The molecule has 1 aliphatic heterocycles. The number of nitrogens with one attached hydrogen (secondary N) is 2. The molecule has 1 aliphatic rings. The van der Waals surface area contributed by atoms with Crippen molar-refractivity contribution in [3.63, 3.8) is 0 Å². The van der Waals surface area contributed by atoms with Crippen LogP contribution in [0.1, 0.15) is 22.8 Å². The van der Waals surface area contributed by atoms with Gasteiger partial charge in [-0.25, -0.2) is 0 Å². The van der Waals surface area contributed by atoms with Crippen molar-refractivity contribution in [3.8, 4) is 11.5 Å². The van der Waals surface area contributed by atoms with Gasteiger partial charge in [-0.05, 0) is 18.6 Å². The molecule has 2 aromatic carbocycles. The summed E-state index contributed by atoms with van der Waals surface area (Å²) >= 11 is 0. The number of rotatable bonds is 8. The number of carbonyl (C=O) groups excluding carboxylic acids is 4. The van der Waals surface area contributed by atoms with E-state index in [-0.39, 0.29) is 42.7 Å². The van der Waals surface area contributed by atoms with E-state index in [4.69, 9.17) is 14.2 Å². The van der Waals surface area contributed by atoms with Gasteiger partial charge in [-0.2, -0.15) is 0 Å². The Kier molecular flexibility index (Phi) is 6.63. The number of hydrogen-bond donors (Lipinski definition) is 2. The number of carbonyl (C=O) groups is 4. The molecule has 0 atom stereocenters. The second-order valence-electron chi connectivity index (χ2n) is 6.46. The van der Waals surface area contributed by atoms with Crippen LogP contribution in [0.5, 0.6) is 11.5 Å². The molecule has 2 aromatic rings. The molecular weight excluding hydrogens is 392 g/mol. The van der Waals surface area contributed by atoms with Gasteiger partial charge >= 0.3 is 5.97 Å². The fourth-order valence-electron chi connectivity index (χ4n) is 2.73. The molecule has 0 saturated carbocycles. The lowest BCUT2D eigenvalue weighted by Gasteiger charge is -2.11. The number of ketones is 1. The summed E-state index contributed by atoms with van der Waals surface area (Å²) in [5.41, 5.74) is 1.28. The molecule has 9 heteroatoms. The van der Waals surface area contributed by atoms with Crippen LogP contribution in [0.15, 0.2) is 42.5 Å². The third-order valence-electron chi connectivity index (χ3n) is 4.17. The van der Waals surface area contributed by atoms with Crippen molar-refractivity contribution in [2.45, 2.75) is 13.3 Å². The average molecular weight is 412 g/mol. The van der Waals surface area contributed by atoms with E-state index < -0.39 is 18.5 Å². The van der Waals surface area contributed by atoms with Crippen molar-refractivity contribution in [1.82, 2.24) is 5.32 Å². The predicted octanol–water partition coefficient (Wildman–Crippen LogP) is 1.46. The highest BCUT2D eigenvalue weighted by Gasteiger charge is 2.20. The number of amides is 2. The monoisotopic (exact) mass is 412 g/mol. The Morgan fingerprint density at radius 1 is 1.00 bits per heavy atom. The fraction of sp³-hybridized carbons (Fsp3) is 0.238. The summed E-state index contributed by atoms with van der Waals surface area (Å²) in [5, 5.41) is 4.95. The van der Waals surface area contributed by atoms with Gasteiger partial charge in [0.15, 0.2) is 23.9 Å². The van der Waals surface area contributed by atoms with Gasteiger partial charge in [0, 0.05) is 11.6 Å². The molecular formula is C21H20N2O7. The molecule has 0 aromatic heterocycles. The van der Waals surface area contributed by atoms with Crippen molar-refractivity contribution in [2.75, 3.05) is 25.3 Å². The Bertz CT molecular complexity index is 973. The van der Waals surface area contributed by atoms with E-state index in [9.17, 15) is 19.2 Å². The molecule has 1 heterocycles. The van der Waals surface area contributed by atoms with E-state index in [1.165, 1.54) is 19.1 Å². The zero-order valence-electron chi connectivity index (χ0n) is 16.2. The van der Waals surface area contributed by atoms with Crippen molar-refractivity contribution in [3.05, 3.63) is 53.6 Å². The predicted molar refractivity (Wildman–Crippen MR) is 105 cm³/mol. The lowest BCUT2D eigenvalue weighted by molar-refractivity contribution is -0.147. The summed E-state index contributed by atoms with van der Waals surface area (Å²) in [5.74, 6) is -1.20. The first-order valence-electron chi connectivity index (χ1n) is 9.13. The Balaban J connectivity index is 1.46. The molecule has 0 spiro atoms. The number of Topliss-reactive ketones (excluding diaryl/α,β-unsaturated/α-hetero) is 1. The normalized spacial score (nSPS) is 11.5. The molecule has 2 N–H and O–H groups in total. The van der Waals surface area contributed by atoms with Gasteiger partial charge in [-0.1, -0.05) is 30.3 Å². The molecule has 0 radical (unpaired) electrons. The quantitative estimate of drug-likeness (QED) is 0.497. The highest BCUT2D eigenvalue weighted by Crippen LogP contribution is 2.37. The first kappa shape index (κ1) is 20.8. The second kappa shape index (κ2) is 9.55. The molecule has 30 heavy (non-hydrogen) atoms. The van der Waals surface area contributed by atoms with Crippen LogP contribution in [0.3, 0.4) is 0 Å². The SMILES string of the molecule is CC(=O)c1cc2c(cc1NC(=O)COC(=O)CNC(=O)Cc1ccccc1)OCO2. The molecule has 0 bridgehead atoms. The van der Waals surface area contributed by atoms with Crippen molar-refractivity contribution >= 4 is 29.3 Å². The van der Waals surface area contributed by atoms with E-state index in [1.807, 2.05) is 18.2 Å². The van der Waals surface area contributed by atoms with Gasteiger partial charge < -0.3 is 24.8 Å². The maximum absolute atomic E-state index is 12.1. The van der Waals surface area contributed by atoms with Gasteiger partial charge in [0.05, 0.1) is 12.1 Å². The first-order chi connectivity index (χ1) is 14.4. The minimum atomic E-state index is -0.760. The van der Waals surface area contributed by atoms with Gasteiger partial charge in [0.2, 0.25) is 12.7 Å². The number of anilines is 1. The Morgan fingerprint density at radius 3 is 2.40 bits per heavy atom. The number of benzene rings is 2. The second-order valence-corrected chi connectivity index (χ2v) is 6.46. The van der Waals surface area contributed by atoms with Crippen LogP contribution in [0.2, 0.25) is 0 Å². The summed E-state index contributed by atoms with van der Waals surface area (Å²) in [6.45, 7) is 0.448. The van der Waals surface area contributed by atoms with Crippen LogP contribution in [0, 0.1) is 0 Å². The van der Waals surface area contributed by atoms with Gasteiger partial charge in [0.25, 0.3) is 5.91 Å². The Morgan fingerprint density at radius 2 is 1.70 bits per heavy atom. The molecule has 0 saturated heterocycles. The van der Waals surface area contributed by atoms with Crippen LogP contribution in [0.25, 0.3) is 0 Å². The summed E-state index contributed by atoms with van der Waals surface area (Å²) in [6, 6.07) is 12.0. The van der Waals surface area contributed by atoms with Crippen molar-refractivity contribution in [1.29, 1.82) is 0 Å². The molecule has 0 unspecified atom stereocenters. The highest BCUT2D eigenvalue weighted by molar-refractivity contribution is 6.05. The Hall–Kier alpha value is -3.88. The summed E-state index contributed by atoms with van der Waals surface area (Å²) in [7, 11) is 0. The van der Waals surface area contributed by atoms with Gasteiger partial charge in [-0.15, -0.1) is 0 Å². The van der Waals surface area contributed by atoms with E-state index in [2.05, 4.69) is 10.6 Å². The third-order valence-corrected chi connectivity index (χ3v) is 4.17. The fourth-order valence-corrected chi connectivity index (χ4v) is 2.73. The van der Waals surface area contributed by atoms with Crippen LogP contribution in [-0.4, -0.2) is 43.5 Å². The van der Waals surface area contributed by atoms with Crippen LogP contribution >= 0.6 is 0 Å². The van der Waals surface area contributed by atoms with Crippen LogP contribution in [-0.2, 0) is 25.5 Å². The standard InChI is InChI=1S/C21H20N2O7/c1-13(24)15-8-17-18(30-12-29-17)9-16(15)23-20(26)11-28-21(27)10-22-19(25)7-14-5-3-2-4-6-14/h2-6,8-9H,7,10-12H2,1H3,(H,22,25)(H,23,26). The van der Waals surface area contributed by atoms with E-state index >= 15 is 0 Å². The minimum Gasteiger partial charge on any atom is -0.454 e. The number of hydrogen-bond acceptors (Lipinski definition) is 7. The first-order valence-corrected chi connectivity index (χ1v) is 9.13. The molecule has 9 nitrogen and oxygen atoms in total. The Labute approximate surface area is 172 Å². The number of esters is 1. The number of ether oxygens (including phenoxy) is 3. The third kappa shape index (κ3) is 5.57.